The fourth-order valence-electron chi connectivity index (χ4n) is 3.07. The lowest BCUT2D eigenvalue weighted by Crippen LogP contribution is -2.15. The van der Waals surface area contributed by atoms with Gasteiger partial charge in [0.05, 0.1) is 11.7 Å². The van der Waals surface area contributed by atoms with Crippen molar-refractivity contribution in [1.29, 1.82) is 0 Å². The van der Waals surface area contributed by atoms with Crippen molar-refractivity contribution in [2.45, 2.75) is 45.1 Å². The molecule has 1 aliphatic carbocycles. The molecule has 1 fully saturated rings. The molecule has 1 aliphatic rings. The van der Waals surface area contributed by atoms with Crippen molar-refractivity contribution in [1.82, 2.24) is 15.0 Å². The van der Waals surface area contributed by atoms with E-state index in [1.807, 2.05) is 18.2 Å². The molecule has 4 nitrogen and oxygen atoms in total. The van der Waals surface area contributed by atoms with Crippen molar-refractivity contribution in [2.75, 3.05) is 0 Å². The van der Waals surface area contributed by atoms with Crippen molar-refractivity contribution in [2.24, 2.45) is 0 Å². The summed E-state index contributed by atoms with van der Waals surface area (Å²) in [6.45, 7) is 1.55. The van der Waals surface area contributed by atoms with Crippen LogP contribution in [0.1, 0.15) is 50.8 Å². The smallest absolute Gasteiger partial charge is 0.152 e. The number of carbonyl (C=O) groups is 1. The molecular formula is C18H21N3O. The summed E-state index contributed by atoms with van der Waals surface area (Å²) in [6, 6.07) is 10.6. The molecule has 0 atom stereocenters. The first kappa shape index (κ1) is 14.7. The second-order valence-electron chi connectivity index (χ2n) is 5.87. The van der Waals surface area contributed by atoms with E-state index in [0.29, 0.717) is 6.04 Å². The maximum Gasteiger partial charge on any atom is 0.152 e. The van der Waals surface area contributed by atoms with Gasteiger partial charge < -0.3 is 0 Å². The minimum Gasteiger partial charge on any atom is -0.295 e. The highest BCUT2D eigenvalue weighted by Crippen LogP contribution is 2.33. The Morgan fingerprint density at radius 2 is 1.91 bits per heavy atom. The lowest BCUT2D eigenvalue weighted by molar-refractivity contribution is -0.112. The van der Waals surface area contributed by atoms with Gasteiger partial charge in [-0.25, -0.2) is 4.68 Å². The Morgan fingerprint density at radius 1 is 1.18 bits per heavy atom. The maximum absolute atomic E-state index is 11.2. The molecule has 22 heavy (non-hydrogen) atoms. The number of carbonyl (C=O) groups excluding carboxylic acids is 1. The first-order valence-corrected chi connectivity index (χ1v) is 7.95. The van der Waals surface area contributed by atoms with E-state index >= 15 is 0 Å². The molecule has 0 aliphatic heterocycles. The van der Waals surface area contributed by atoms with Gasteiger partial charge in [0, 0.05) is 5.56 Å². The highest BCUT2D eigenvalue weighted by molar-refractivity contribution is 5.92. The molecule has 0 saturated heterocycles. The molecule has 0 unspecified atom stereocenters. The van der Waals surface area contributed by atoms with Crippen LogP contribution in [0.15, 0.2) is 36.4 Å². The van der Waals surface area contributed by atoms with E-state index in [4.69, 9.17) is 0 Å². The number of hydrogen-bond donors (Lipinski definition) is 0. The van der Waals surface area contributed by atoms with Crippen LogP contribution in [0.2, 0.25) is 0 Å². The highest BCUT2D eigenvalue weighted by Gasteiger charge is 2.22. The summed E-state index contributed by atoms with van der Waals surface area (Å²) < 4.78 is 2.06. The van der Waals surface area contributed by atoms with E-state index in [1.165, 1.54) is 19.3 Å². The van der Waals surface area contributed by atoms with Crippen molar-refractivity contribution in [3.05, 3.63) is 42.1 Å². The topological polar surface area (TPSA) is 47.8 Å². The minimum atomic E-state index is 0.0197. The zero-order valence-corrected chi connectivity index (χ0v) is 12.9. The van der Waals surface area contributed by atoms with Crippen LogP contribution in [0, 0.1) is 0 Å². The molecule has 1 aromatic heterocycles. The second kappa shape index (κ2) is 6.69. The van der Waals surface area contributed by atoms with E-state index in [2.05, 4.69) is 27.1 Å². The van der Waals surface area contributed by atoms with Gasteiger partial charge in [-0.2, -0.15) is 0 Å². The molecule has 1 saturated carbocycles. The monoisotopic (exact) mass is 295 g/mol. The number of rotatable bonds is 4. The van der Waals surface area contributed by atoms with Gasteiger partial charge in [-0.3, -0.25) is 4.79 Å². The van der Waals surface area contributed by atoms with Gasteiger partial charge in [-0.15, -0.1) is 5.10 Å². The number of ketones is 1. The third-order valence-corrected chi connectivity index (χ3v) is 4.16. The molecule has 3 rings (SSSR count). The molecule has 114 valence electrons. The molecule has 4 heteroatoms. The zero-order chi connectivity index (χ0) is 15.4. The largest absolute Gasteiger partial charge is 0.295 e. The van der Waals surface area contributed by atoms with Crippen molar-refractivity contribution in [3.63, 3.8) is 0 Å². The number of benzene rings is 1. The quantitative estimate of drug-likeness (QED) is 0.799. The number of nitrogens with zero attached hydrogens (tertiary/aromatic N) is 3. The lowest BCUT2D eigenvalue weighted by Gasteiger charge is -2.23. The molecule has 1 aromatic carbocycles. The number of aromatic nitrogens is 3. The minimum absolute atomic E-state index is 0.0197. The predicted molar refractivity (Wildman–Crippen MR) is 87.3 cm³/mol. The molecule has 2 aromatic rings. The normalized spacial score (nSPS) is 16.2. The van der Waals surface area contributed by atoms with E-state index in [-0.39, 0.29) is 5.78 Å². The van der Waals surface area contributed by atoms with Gasteiger partial charge in [0.15, 0.2) is 5.78 Å². The summed E-state index contributed by atoms with van der Waals surface area (Å²) in [4.78, 5) is 11.2. The Kier molecular flexibility index (Phi) is 4.47. The third-order valence-electron chi connectivity index (χ3n) is 4.16. The Labute approximate surface area is 130 Å². The van der Waals surface area contributed by atoms with E-state index in [1.54, 1.807) is 19.1 Å². The third kappa shape index (κ3) is 3.16. The zero-order valence-electron chi connectivity index (χ0n) is 12.9. The van der Waals surface area contributed by atoms with E-state index in [0.717, 1.165) is 29.8 Å². The van der Waals surface area contributed by atoms with Gasteiger partial charge in [0.25, 0.3) is 0 Å². The summed E-state index contributed by atoms with van der Waals surface area (Å²) in [6.07, 6.45) is 9.44. The first-order chi connectivity index (χ1) is 10.8. The lowest BCUT2D eigenvalue weighted by atomic mass is 9.95. The van der Waals surface area contributed by atoms with Crippen LogP contribution in [-0.4, -0.2) is 20.8 Å². The van der Waals surface area contributed by atoms with E-state index in [9.17, 15) is 4.79 Å². The SMILES string of the molecule is CC(=O)/C=C/c1nnn(C2CCCCC2)c1-c1ccccc1. The summed E-state index contributed by atoms with van der Waals surface area (Å²) in [7, 11) is 0. The van der Waals surface area contributed by atoms with Gasteiger partial charge in [0.2, 0.25) is 0 Å². The Morgan fingerprint density at radius 3 is 2.59 bits per heavy atom. The van der Waals surface area contributed by atoms with Crippen LogP contribution in [0.25, 0.3) is 17.3 Å². The van der Waals surface area contributed by atoms with Gasteiger partial charge in [0.1, 0.15) is 5.69 Å². The van der Waals surface area contributed by atoms with Crippen LogP contribution in [0.5, 0.6) is 0 Å². The predicted octanol–water partition coefficient (Wildman–Crippen LogP) is 4.05. The Balaban J connectivity index is 2.04. The number of allylic oxidation sites excluding steroid dienone is 1. The van der Waals surface area contributed by atoms with Gasteiger partial charge in [-0.1, -0.05) is 54.8 Å². The molecule has 0 amide bonds. The van der Waals surface area contributed by atoms with Crippen LogP contribution in [-0.2, 0) is 4.79 Å². The average molecular weight is 295 g/mol. The van der Waals surface area contributed by atoms with Crippen LogP contribution >= 0.6 is 0 Å². The fraction of sp³-hybridized carbons (Fsp3) is 0.389. The second-order valence-corrected chi connectivity index (χ2v) is 5.87. The van der Waals surface area contributed by atoms with Crippen molar-refractivity contribution >= 4 is 11.9 Å². The molecule has 0 spiro atoms. The molecule has 0 bridgehead atoms. The van der Waals surface area contributed by atoms with Crippen LogP contribution in [0.4, 0.5) is 0 Å². The molecule has 0 N–H and O–H groups in total. The Hall–Kier alpha value is -2.23. The summed E-state index contributed by atoms with van der Waals surface area (Å²) >= 11 is 0. The molecule has 0 radical (unpaired) electrons. The summed E-state index contributed by atoms with van der Waals surface area (Å²) in [5, 5.41) is 8.71. The average Bonchev–Trinajstić information content (AvgIpc) is 2.98. The Bertz CT molecular complexity index is 667. The van der Waals surface area contributed by atoms with Crippen LogP contribution < -0.4 is 0 Å². The highest BCUT2D eigenvalue weighted by atomic mass is 16.1. The summed E-state index contributed by atoms with van der Waals surface area (Å²) in [5.41, 5.74) is 2.89. The molecule has 1 heterocycles. The number of hydrogen-bond acceptors (Lipinski definition) is 3. The maximum atomic E-state index is 11.2. The van der Waals surface area contributed by atoms with Crippen molar-refractivity contribution < 1.29 is 4.79 Å². The fourth-order valence-corrected chi connectivity index (χ4v) is 3.07. The van der Waals surface area contributed by atoms with Crippen molar-refractivity contribution in [3.8, 4) is 11.3 Å². The van der Waals surface area contributed by atoms with Gasteiger partial charge in [-0.05, 0) is 31.9 Å². The standard InChI is InChI=1S/C18H21N3O/c1-14(22)12-13-17-18(15-8-4-2-5-9-15)21(20-19-17)16-10-6-3-7-11-16/h2,4-5,8-9,12-13,16H,3,6-7,10-11H2,1H3/b13-12+. The summed E-state index contributed by atoms with van der Waals surface area (Å²) in [5.74, 6) is 0.0197. The molecular weight excluding hydrogens is 274 g/mol. The van der Waals surface area contributed by atoms with Crippen LogP contribution in [0.3, 0.4) is 0 Å². The first-order valence-electron chi connectivity index (χ1n) is 7.95. The van der Waals surface area contributed by atoms with E-state index < -0.39 is 0 Å². The van der Waals surface area contributed by atoms with Gasteiger partial charge >= 0.3 is 0 Å².